The van der Waals surface area contributed by atoms with Crippen LogP contribution in [-0.4, -0.2) is 68.9 Å². The summed E-state index contributed by atoms with van der Waals surface area (Å²) < 4.78 is 17.1. The molecule has 2 aromatic rings. The van der Waals surface area contributed by atoms with Gasteiger partial charge in [-0.3, -0.25) is 0 Å². The van der Waals surface area contributed by atoms with Crippen LogP contribution in [0.15, 0.2) is 58.7 Å². The van der Waals surface area contributed by atoms with Crippen molar-refractivity contribution in [1.29, 1.82) is 0 Å². The number of carbonyl (C=O) groups is 1. The first-order valence-corrected chi connectivity index (χ1v) is 15.6. The van der Waals surface area contributed by atoms with E-state index in [1.54, 1.807) is 19.2 Å². The minimum absolute atomic E-state index is 0.252. The Morgan fingerprint density at radius 3 is 2.55 bits per heavy atom. The largest absolute Gasteiger partial charge is 0.497 e. The Balaban J connectivity index is 1.47. The second-order valence-corrected chi connectivity index (χ2v) is 11.4. The van der Waals surface area contributed by atoms with Gasteiger partial charge in [0.15, 0.2) is 5.17 Å². The lowest BCUT2D eigenvalue weighted by Crippen LogP contribution is -2.35. The minimum Gasteiger partial charge on any atom is -0.497 e. The molecule has 0 bridgehead atoms. The molecule has 1 unspecified atom stereocenters. The highest BCUT2D eigenvalue weighted by atomic mass is 35.5. The zero-order valence-corrected chi connectivity index (χ0v) is 25.4. The molecule has 1 saturated heterocycles. The van der Waals surface area contributed by atoms with E-state index in [2.05, 4.69) is 10.2 Å². The molecule has 0 saturated carbocycles. The molecule has 0 spiro atoms. The number of amidine groups is 1. The number of halogens is 2. The summed E-state index contributed by atoms with van der Waals surface area (Å²) in [7, 11) is 1.65. The molecule has 40 heavy (non-hydrogen) atoms. The van der Waals surface area contributed by atoms with Crippen LogP contribution in [-0.2, 0) is 20.7 Å². The normalized spacial score (nSPS) is 17.8. The van der Waals surface area contributed by atoms with Gasteiger partial charge >= 0.3 is 5.97 Å². The van der Waals surface area contributed by atoms with Crippen LogP contribution in [0.1, 0.15) is 42.9 Å². The molecule has 216 valence electrons. The highest BCUT2D eigenvalue weighted by Crippen LogP contribution is 2.35. The third-order valence-corrected chi connectivity index (χ3v) is 8.36. The quantitative estimate of drug-likeness (QED) is 0.225. The predicted molar refractivity (Wildman–Crippen MR) is 164 cm³/mol. The van der Waals surface area contributed by atoms with Gasteiger partial charge < -0.3 is 24.4 Å². The number of thioether (sulfide) groups is 1. The predicted octanol–water partition coefficient (Wildman–Crippen LogP) is 6.30. The first kappa shape index (κ1) is 30.7. The van der Waals surface area contributed by atoms with Gasteiger partial charge in [-0.2, -0.15) is 0 Å². The van der Waals surface area contributed by atoms with Crippen LogP contribution in [0.5, 0.6) is 5.75 Å². The summed E-state index contributed by atoms with van der Waals surface area (Å²) in [6.45, 7) is 4.21. The molecule has 2 aromatic carbocycles. The monoisotopic (exact) mass is 605 g/mol. The molecule has 2 heterocycles. The topological polar surface area (TPSA) is 72.4 Å². The summed E-state index contributed by atoms with van der Waals surface area (Å²) in [5, 5.41) is 4.86. The van der Waals surface area contributed by atoms with Crippen molar-refractivity contribution in [2.75, 3.05) is 52.8 Å². The minimum atomic E-state index is -0.590. The Hall–Kier alpha value is -2.23. The number of rotatable bonds is 12. The third-order valence-electron chi connectivity index (χ3n) is 7.02. The Kier molecular flexibility index (Phi) is 12.0. The van der Waals surface area contributed by atoms with Crippen molar-refractivity contribution in [3.8, 4) is 5.75 Å². The van der Waals surface area contributed by atoms with E-state index in [0.29, 0.717) is 39.5 Å². The van der Waals surface area contributed by atoms with Crippen molar-refractivity contribution in [2.24, 2.45) is 4.99 Å². The van der Waals surface area contributed by atoms with Crippen molar-refractivity contribution in [3.05, 3.63) is 74.9 Å². The number of nitrogens with one attached hydrogen (secondary N) is 1. The van der Waals surface area contributed by atoms with Gasteiger partial charge in [0.25, 0.3) is 0 Å². The van der Waals surface area contributed by atoms with E-state index >= 15 is 0 Å². The number of piperidine rings is 1. The number of methoxy groups -OCH3 is 1. The van der Waals surface area contributed by atoms with E-state index in [1.165, 1.54) is 31.0 Å². The summed E-state index contributed by atoms with van der Waals surface area (Å²) in [5.74, 6) is 0.396. The van der Waals surface area contributed by atoms with Crippen LogP contribution < -0.4 is 10.1 Å². The van der Waals surface area contributed by atoms with Crippen molar-refractivity contribution >= 4 is 46.1 Å². The first-order chi connectivity index (χ1) is 19.5. The second kappa shape index (κ2) is 15.7. The van der Waals surface area contributed by atoms with Crippen molar-refractivity contribution in [1.82, 2.24) is 10.2 Å². The van der Waals surface area contributed by atoms with Gasteiger partial charge in [0.05, 0.1) is 48.2 Å². The molecule has 7 nitrogen and oxygen atoms in total. The van der Waals surface area contributed by atoms with Gasteiger partial charge in [-0.1, -0.05) is 59.6 Å². The number of ether oxygens (including phenoxy) is 3. The number of likely N-dealkylation sites (tertiary alicyclic amines) is 1. The maximum Gasteiger partial charge on any atom is 0.338 e. The Bertz CT molecular complexity index is 1200. The number of nitrogens with zero attached hydrogens (tertiary/aromatic N) is 2. The standard InChI is InChI=1S/C30H37Cl2N3O4S/c1-37-23-11-8-21(9-12-23)7-6-17-39-29(36)27-26(20-38-18-16-35-14-4-3-5-15-35)33-30(40-2)34-28(27)22-10-13-24(31)25(32)19-22/h8-13,19,28H,3-7,14-18,20H2,1-2H3,(H,33,34). The average molecular weight is 607 g/mol. The van der Waals surface area contributed by atoms with Crippen LogP contribution in [0, 0.1) is 0 Å². The van der Waals surface area contributed by atoms with Gasteiger partial charge in [-0.25, -0.2) is 9.79 Å². The number of hydrogen-bond donors (Lipinski definition) is 1. The highest BCUT2D eigenvalue weighted by molar-refractivity contribution is 8.13. The number of aryl methyl sites for hydroxylation is 1. The zero-order valence-electron chi connectivity index (χ0n) is 23.1. The summed E-state index contributed by atoms with van der Waals surface area (Å²) >= 11 is 14.0. The van der Waals surface area contributed by atoms with E-state index in [1.807, 2.05) is 36.6 Å². The smallest absolute Gasteiger partial charge is 0.338 e. The fourth-order valence-electron chi connectivity index (χ4n) is 4.81. The molecule has 2 aliphatic heterocycles. The second-order valence-electron chi connectivity index (χ2n) is 9.77. The molecule has 0 aromatic heterocycles. The molecule has 0 aliphatic carbocycles. The van der Waals surface area contributed by atoms with Crippen LogP contribution in [0.2, 0.25) is 10.0 Å². The molecule has 0 amide bonds. The van der Waals surface area contributed by atoms with Gasteiger partial charge in [-0.05, 0) is 80.4 Å². The average Bonchev–Trinajstić information content (AvgIpc) is 2.99. The number of benzene rings is 2. The summed E-state index contributed by atoms with van der Waals surface area (Å²) in [6, 6.07) is 12.6. The van der Waals surface area contributed by atoms with Crippen LogP contribution in [0.3, 0.4) is 0 Å². The number of esters is 1. The van der Waals surface area contributed by atoms with E-state index in [4.69, 9.17) is 42.4 Å². The van der Waals surface area contributed by atoms with Gasteiger partial charge in [0.1, 0.15) is 11.8 Å². The van der Waals surface area contributed by atoms with Gasteiger partial charge in [-0.15, -0.1) is 0 Å². The van der Waals surface area contributed by atoms with Crippen LogP contribution in [0.4, 0.5) is 0 Å². The maximum absolute atomic E-state index is 13.6. The Morgan fingerprint density at radius 1 is 1.07 bits per heavy atom. The maximum atomic E-state index is 13.6. The molecule has 1 atom stereocenters. The molecule has 10 heteroatoms. The molecule has 2 aliphatic rings. The third kappa shape index (κ3) is 8.63. The Labute approximate surface area is 251 Å². The first-order valence-electron chi connectivity index (χ1n) is 13.7. The van der Waals surface area contributed by atoms with Gasteiger partial charge in [0.2, 0.25) is 0 Å². The molecule has 0 radical (unpaired) electrons. The number of aliphatic imine (C=N–C) groups is 1. The van der Waals surface area contributed by atoms with Crippen molar-refractivity contribution in [3.63, 3.8) is 0 Å². The highest BCUT2D eigenvalue weighted by Gasteiger charge is 2.32. The van der Waals surface area contributed by atoms with E-state index in [-0.39, 0.29) is 13.2 Å². The lowest BCUT2D eigenvalue weighted by molar-refractivity contribution is -0.139. The summed E-state index contributed by atoms with van der Waals surface area (Å²) in [6.07, 6.45) is 7.19. The molecular weight excluding hydrogens is 569 g/mol. The fourth-order valence-corrected chi connectivity index (χ4v) is 5.56. The number of carbonyl (C=O) groups excluding carboxylic acids is 1. The van der Waals surface area contributed by atoms with Crippen LogP contribution in [0.25, 0.3) is 0 Å². The molecule has 1 N–H and O–H groups in total. The van der Waals surface area contributed by atoms with E-state index in [9.17, 15) is 4.79 Å². The fraction of sp³-hybridized carbons (Fsp3) is 0.467. The SMILES string of the molecule is COc1ccc(CCCOC(=O)C2=C(COCCN3CCCCC3)NC(SC)=NC2c2ccc(Cl)c(Cl)c2)cc1. The lowest BCUT2D eigenvalue weighted by atomic mass is 9.96. The van der Waals surface area contributed by atoms with Gasteiger partial charge in [0, 0.05) is 6.54 Å². The number of hydrogen-bond acceptors (Lipinski definition) is 8. The van der Waals surface area contributed by atoms with E-state index < -0.39 is 12.0 Å². The van der Waals surface area contributed by atoms with Crippen molar-refractivity contribution in [2.45, 2.75) is 38.1 Å². The summed E-state index contributed by atoms with van der Waals surface area (Å²) in [4.78, 5) is 20.8. The van der Waals surface area contributed by atoms with Crippen molar-refractivity contribution < 1.29 is 19.0 Å². The zero-order chi connectivity index (χ0) is 28.3. The van der Waals surface area contributed by atoms with E-state index in [0.717, 1.165) is 42.9 Å². The molecule has 1 fully saturated rings. The summed E-state index contributed by atoms with van der Waals surface area (Å²) in [5.41, 5.74) is 3.01. The lowest BCUT2D eigenvalue weighted by Gasteiger charge is -2.28. The van der Waals surface area contributed by atoms with Crippen LogP contribution >= 0.6 is 35.0 Å². The molecule has 4 rings (SSSR count). The Morgan fingerprint density at radius 2 is 1.85 bits per heavy atom. The molecular formula is C30H37Cl2N3O4S.